The first kappa shape index (κ1) is 15.2. The Morgan fingerprint density at radius 3 is 2.53 bits per heavy atom. The molecule has 106 valence electrons. The van der Waals surface area contributed by atoms with E-state index in [0.717, 1.165) is 6.20 Å². The third-order valence-corrected chi connectivity index (χ3v) is 2.58. The molecule has 1 atom stereocenters. The van der Waals surface area contributed by atoms with Crippen molar-refractivity contribution in [2.75, 3.05) is 6.54 Å². The van der Waals surface area contributed by atoms with Crippen LogP contribution in [-0.2, 0) is 0 Å². The van der Waals surface area contributed by atoms with Gasteiger partial charge in [0.15, 0.2) is 11.0 Å². The monoisotopic (exact) mass is 278 g/mol. The van der Waals surface area contributed by atoms with Crippen LogP contribution < -0.4 is 10.7 Å². The molecule has 5 nitrogen and oxygen atoms in total. The number of halogens is 3. The van der Waals surface area contributed by atoms with Crippen LogP contribution in [0.5, 0.6) is 0 Å². The predicted molar refractivity (Wildman–Crippen MR) is 60.8 cm³/mol. The molecule has 1 aromatic rings. The first-order chi connectivity index (χ1) is 8.56. The van der Waals surface area contributed by atoms with Crippen LogP contribution in [0, 0.1) is 6.92 Å². The maximum Gasteiger partial charge on any atom is 0.418 e. The maximum absolute atomic E-state index is 12.4. The minimum atomic E-state index is -4.88. The van der Waals surface area contributed by atoms with Gasteiger partial charge in [-0.25, -0.2) is 0 Å². The van der Waals surface area contributed by atoms with E-state index in [2.05, 4.69) is 4.98 Å². The fraction of sp³-hybridized carbons (Fsp3) is 0.455. The van der Waals surface area contributed by atoms with Gasteiger partial charge in [-0.1, -0.05) is 0 Å². The van der Waals surface area contributed by atoms with Gasteiger partial charge in [0.05, 0.1) is 6.54 Å². The van der Waals surface area contributed by atoms with Crippen LogP contribution in [0.1, 0.15) is 22.8 Å². The quantitative estimate of drug-likeness (QED) is 0.762. The lowest BCUT2D eigenvalue weighted by molar-refractivity contribution is -0.249. The fourth-order valence-electron chi connectivity index (χ4n) is 1.21. The number of aromatic nitrogens is 1. The molecule has 19 heavy (non-hydrogen) atoms. The van der Waals surface area contributed by atoms with E-state index in [4.69, 9.17) is 5.11 Å². The molecule has 0 aliphatic carbocycles. The summed E-state index contributed by atoms with van der Waals surface area (Å²) in [7, 11) is 0. The van der Waals surface area contributed by atoms with Crippen molar-refractivity contribution in [3.8, 4) is 0 Å². The van der Waals surface area contributed by atoms with Crippen molar-refractivity contribution >= 4 is 5.91 Å². The zero-order chi connectivity index (χ0) is 14.8. The molecule has 0 saturated carbocycles. The Labute approximate surface area is 106 Å². The molecule has 1 aromatic heterocycles. The van der Waals surface area contributed by atoms with E-state index in [9.17, 15) is 22.8 Å². The standard InChI is InChI=1S/C11H13F3N2O3/c1-6-3-15-4-7(8(6)17)9(18)16-5-10(2,19)11(12,13)14/h3-4,19H,5H2,1-2H3,(H,15,17)(H,16,18). The SMILES string of the molecule is Cc1c[nH]cc(C(=O)NCC(C)(O)C(F)(F)F)c1=O. The van der Waals surface area contributed by atoms with E-state index in [1.54, 1.807) is 0 Å². The topological polar surface area (TPSA) is 82.2 Å². The number of aromatic amines is 1. The minimum Gasteiger partial charge on any atom is -0.379 e. The molecule has 0 radical (unpaired) electrons. The van der Waals surface area contributed by atoms with Gasteiger partial charge in [0.1, 0.15) is 5.56 Å². The smallest absolute Gasteiger partial charge is 0.379 e. The highest BCUT2D eigenvalue weighted by atomic mass is 19.4. The molecule has 0 saturated heterocycles. The molecule has 0 aliphatic rings. The number of alkyl halides is 3. The van der Waals surface area contributed by atoms with Crippen LogP contribution in [0.2, 0.25) is 0 Å². The number of pyridine rings is 1. The summed E-state index contributed by atoms with van der Waals surface area (Å²) in [6.45, 7) is 0.956. The van der Waals surface area contributed by atoms with Gasteiger partial charge < -0.3 is 15.4 Å². The fourth-order valence-corrected chi connectivity index (χ4v) is 1.21. The molecule has 0 fully saturated rings. The summed E-state index contributed by atoms with van der Waals surface area (Å²) < 4.78 is 37.1. The molecular formula is C11H13F3N2O3. The van der Waals surface area contributed by atoms with E-state index in [0.29, 0.717) is 6.92 Å². The Morgan fingerprint density at radius 2 is 2.00 bits per heavy atom. The Morgan fingerprint density at radius 1 is 1.42 bits per heavy atom. The minimum absolute atomic E-state index is 0.259. The van der Waals surface area contributed by atoms with Crippen molar-refractivity contribution in [1.82, 2.24) is 10.3 Å². The highest BCUT2D eigenvalue weighted by Crippen LogP contribution is 2.29. The van der Waals surface area contributed by atoms with E-state index in [-0.39, 0.29) is 11.1 Å². The predicted octanol–water partition coefficient (Wildman–Crippen LogP) is 0.726. The third-order valence-electron chi connectivity index (χ3n) is 2.58. The molecule has 1 rings (SSSR count). The van der Waals surface area contributed by atoms with Crippen molar-refractivity contribution in [3.63, 3.8) is 0 Å². The number of carbonyl (C=O) groups excluding carboxylic acids is 1. The summed E-state index contributed by atoms with van der Waals surface area (Å²) in [5.74, 6) is -0.977. The Bertz CT molecular complexity index is 535. The van der Waals surface area contributed by atoms with E-state index in [1.807, 2.05) is 5.32 Å². The van der Waals surface area contributed by atoms with Crippen LogP contribution in [0.25, 0.3) is 0 Å². The van der Waals surface area contributed by atoms with Gasteiger partial charge >= 0.3 is 6.18 Å². The molecule has 1 heterocycles. The molecule has 8 heteroatoms. The number of aliphatic hydroxyl groups is 1. The number of hydrogen-bond acceptors (Lipinski definition) is 3. The van der Waals surface area contributed by atoms with Gasteiger partial charge in [0.25, 0.3) is 5.91 Å². The van der Waals surface area contributed by atoms with Crippen molar-refractivity contribution in [2.24, 2.45) is 0 Å². The molecule has 3 N–H and O–H groups in total. The molecule has 1 unspecified atom stereocenters. The summed E-state index contributed by atoms with van der Waals surface area (Å²) in [5.41, 5.74) is -3.68. The molecular weight excluding hydrogens is 265 g/mol. The van der Waals surface area contributed by atoms with E-state index in [1.165, 1.54) is 13.1 Å². The Hall–Kier alpha value is -1.83. The number of aryl methyl sites for hydroxylation is 1. The molecule has 1 amide bonds. The molecule has 0 bridgehead atoms. The van der Waals surface area contributed by atoms with Crippen molar-refractivity contribution in [1.29, 1.82) is 0 Å². The lowest BCUT2D eigenvalue weighted by atomic mass is 10.1. The lowest BCUT2D eigenvalue weighted by Gasteiger charge is -2.26. The van der Waals surface area contributed by atoms with Crippen LogP contribution in [0.4, 0.5) is 13.2 Å². The summed E-state index contributed by atoms with van der Waals surface area (Å²) >= 11 is 0. The van der Waals surface area contributed by atoms with Crippen molar-refractivity contribution in [2.45, 2.75) is 25.6 Å². The highest BCUT2D eigenvalue weighted by Gasteiger charge is 2.49. The van der Waals surface area contributed by atoms with Crippen molar-refractivity contribution < 1.29 is 23.1 Å². The number of nitrogens with one attached hydrogen (secondary N) is 2. The third kappa shape index (κ3) is 3.34. The summed E-state index contributed by atoms with van der Waals surface area (Å²) in [6, 6.07) is 0. The van der Waals surface area contributed by atoms with Crippen LogP contribution in [0.3, 0.4) is 0 Å². The summed E-state index contributed by atoms with van der Waals surface area (Å²) in [6.07, 6.45) is -2.42. The normalized spacial score (nSPS) is 14.8. The van der Waals surface area contributed by atoms with Gasteiger partial charge in [-0.3, -0.25) is 9.59 Å². The van der Waals surface area contributed by atoms with Gasteiger partial charge in [0, 0.05) is 18.0 Å². The first-order valence-electron chi connectivity index (χ1n) is 5.31. The lowest BCUT2D eigenvalue weighted by Crippen LogP contribution is -2.51. The average Bonchev–Trinajstić information content (AvgIpc) is 2.28. The van der Waals surface area contributed by atoms with E-state index >= 15 is 0 Å². The van der Waals surface area contributed by atoms with Gasteiger partial charge in [0.2, 0.25) is 0 Å². The molecule has 0 aromatic carbocycles. The maximum atomic E-state index is 12.4. The van der Waals surface area contributed by atoms with E-state index < -0.39 is 29.7 Å². The second-order valence-corrected chi connectivity index (χ2v) is 4.34. The van der Waals surface area contributed by atoms with Crippen LogP contribution in [-0.4, -0.2) is 34.3 Å². The summed E-state index contributed by atoms with van der Waals surface area (Å²) in [5, 5.41) is 11.0. The molecule has 0 spiro atoms. The van der Waals surface area contributed by atoms with Crippen molar-refractivity contribution in [3.05, 3.63) is 33.7 Å². The highest BCUT2D eigenvalue weighted by molar-refractivity contribution is 5.93. The number of carbonyl (C=O) groups is 1. The average molecular weight is 278 g/mol. The number of amides is 1. The zero-order valence-corrected chi connectivity index (χ0v) is 10.3. The zero-order valence-electron chi connectivity index (χ0n) is 10.3. The van der Waals surface area contributed by atoms with Gasteiger partial charge in [-0.2, -0.15) is 13.2 Å². The van der Waals surface area contributed by atoms with Crippen LogP contribution in [0.15, 0.2) is 17.2 Å². The summed E-state index contributed by atoms with van der Waals surface area (Å²) in [4.78, 5) is 25.7. The van der Waals surface area contributed by atoms with Crippen LogP contribution >= 0.6 is 0 Å². The largest absolute Gasteiger partial charge is 0.418 e. The molecule has 0 aliphatic heterocycles. The van der Waals surface area contributed by atoms with Gasteiger partial charge in [-0.05, 0) is 13.8 Å². The Kier molecular flexibility index (Phi) is 4.04. The van der Waals surface area contributed by atoms with Gasteiger partial charge in [-0.15, -0.1) is 0 Å². The Balaban J connectivity index is 2.83. The second-order valence-electron chi connectivity index (χ2n) is 4.34. The number of H-pyrrole nitrogens is 1. The first-order valence-corrected chi connectivity index (χ1v) is 5.31. The number of rotatable bonds is 3. The second kappa shape index (κ2) is 5.04. The number of hydrogen-bond donors (Lipinski definition) is 3.